The number of rotatable bonds is 4. The van der Waals surface area contributed by atoms with Gasteiger partial charge in [-0.3, -0.25) is 0 Å². The molecule has 0 atom stereocenters. The standard InChI is InChI=1S/C26H24N2/c1-18-17-21(27)13-14-23(18)24-15-16-25(28-22-11-7-4-8-12-22)26(19(24)2)20-9-5-3-6-10-20/h3-17,28H,27H2,1-2H3. The number of benzene rings is 4. The van der Waals surface area contributed by atoms with Crippen molar-refractivity contribution in [3.05, 3.63) is 102 Å². The first kappa shape index (κ1) is 17.9. The highest BCUT2D eigenvalue weighted by atomic mass is 14.9. The zero-order valence-corrected chi connectivity index (χ0v) is 16.2. The van der Waals surface area contributed by atoms with Gasteiger partial charge in [-0.2, -0.15) is 0 Å². The lowest BCUT2D eigenvalue weighted by Gasteiger charge is -2.19. The molecule has 0 aliphatic heterocycles. The fourth-order valence-corrected chi connectivity index (χ4v) is 3.75. The molecule has 2 heteroatoms. The number of para-hydroxylation sites is 1. The third-order valence-electron chi connectivity index (χ3n) is 5.12. The molecule has 0 radical (unpaired) electrons. The van der Waals surface area contributed by atoms with E-state index >= 15 is 0 Å². The van der Waals surface area contributed by atoms with Crippen LogP contribution in [-0.4, -0.2) is 0 Å². The van der Waals surface area contributed by atoms with Gasteiger partial charge in [0.1, 0.15) is 0 Å². The van der Waals surface area contributed by atoms with Crippen LogP contribution in [0.2, 0.25) is 0 Å². The van der Waals surface area contributed by atoms with Crippen LogP contribution in [0, 0.1) is 13.8 Å². The number of nitrogen functional groups attached to an aromatic ring is 1. The van der Waals surface area contributed by atoms with E-state index in [9.17, 15) is 0 Å². The van der Waals surface area contributed by atoms with Crippen molar-refractivity contribution in [2.75, 3.05) is 11.1 Å². The minimum absolute atomic E-state index is 0.796. The van der Waals surface area contributed by atoms with Crippen molar-refractivity contribution in [2.45, 2.75) is 13.8 Å². The number of hydrogen-bond acceptors (Lipinski definition) is 2. The highest BCUT2D eigenvalue weighted by molar-refractivity contribution is 5.89. The van der Waals surface area contributed by atoms with E-state index in [1.54, 1.807) is 0 Å². The van der Waals surface area contributed by atoms with Gasteiger partial charge in [-0.05, 0) is 72.0 Å². The van der Waals surface area contributed by atoms with Crippen LogP contribution < -0.4 is 11.1 Å². The third kappa shape index (κ3) is 3.49. The van der Waals surface area contributed by atoms with Crippen LogP contribution >= 0.6 is 0 Å². The number of nitrogens with one attached hydrogen (secondary N) is 1. The average molecular weight is 364 g/mol. The molecular weight excluding hydrogens is 340 g/mol. The molecule has 4 aromatic rings. The fraction of sp³-hybridized carbons (Fsp3) is 0.0769. The molecule has 4 rings (SSSR count). The van der Waals surface area contributed by atoms with Crippen molar-refractivity contribution in [3.63, 3.8) is 0 Å². The second-order valence-corrected chi connectivity index (χ2v) is 7.09. The Morgan fingerprint density at radius 1 is 0.679 bits per heavy atom. The molecule has 0 bridgehead atoms. The second-order valence-electron chi connectivity index (χ2n) is 7.09. The van der Waals surface area contributed by atoms with Gasteiger partial charge in [0.05, 0.1) is 0 Å². The predicted molar refractivity (Wildman–Crippen MR) is 121 cm³/mol. The van der Waals surface area contributed by atoms with Gasteiger partial charge in [-0.15, -0.1) is 0 Å². The summed E-state index contributed by atoms with van der Waals surface area (Å²) in [6, 6.07) is 31.3. The van der Waals surface area contributed by atoms with Crippen LogP contribution in [0.15, 0.2) is 91.0 Å². The van der Waals surface area contributed by atoms with Gasteiger partial charge in [0.2, 0.25) is 0 Å². The molecule has 4 aromatic carbocycles. The SMILES string of the molecule is Cc1cc(N)ccc1-c1ccc(Nc2ccccc2)c(-c2ccccc2)c1C. The lowest BCUT2D eigenvalue weighted by Crippen LogP contribution is -1.98. The lowest BCUT2D eigenvalue weighted by atomic mass is 9.89. The topological polar surface area (TPSA) is 38.0 Å². The van der Waals surface area contributed by atoms with Crippen LogP contribution in [0.3, 0.4) is 0 Å². The van der Waals surface area contributed by atoms with Crippen LogP contribution in [0.1, 0.15) is 11.1 Å². The van der Waals surface area contributed by atoms with Crippen LogP contribution in [0.5, 0.6) is 0 Å². The number of nitrogens with two attached hydrogens (primary N) is 1. The molecule has 0 spiro atoms. The zero-order chi connectivity index (χ0) is 19.5. The molecule has 0 amide bonds. The molecule has 0 heterocycles. The average Bonchev–Trinajstić information content (AvgIpc) is 2.70. The van der Waals surface area contributed by atoms with Crippen molar-refractivity contribution in [1.29, 1.82) is 0 Å². The van der Waals surface area contributed by atoms with Crippen molar-refractivity contribution < 1.29 is 0 Å². The Bertz CT molecular complexity index is 1100. The zero-order valence-electron chi connectivity index (χ0n) is 16.2. The predicted octanol–water partition coefficient (Wildman–Crippen LogP) is 6.96. The smallest absolute Gasteiger partial charge is 0.0467 e. The third-order valence-corrected chi connectivity index (χ3v) is 5.12. The Kier molecular flexibility index (Phi) is 4.86. The summed E-state index contributed by atoms with van der Waals surface area (Å²) in [7, 11) is 0. The molecule has 3 N–H and O–H groups in total. The van der Waals surface area contributed by atoms with Gasteiger partial charge < -0.3 is 11.1 Å². The van der Waals surface area contributed by atoms with Gasteiger partial charge in [0, 0.05) is 22.6 Å². The first-order valence-electron chi connectivity index (χ1n) is 9.51. The Balaban J connectivity index is 1.90. The van der Waals surface area contributed by atoms with Crippen molar-refractivity contribution in [3.8, 4) is 22.3 Å². The van der Waals surface area contributed by atoms with Crippen LogP contribution in [0.4, 0.5) is 17.1 Å². The van der Waals surface area contributed by atoms with E-state index in [0.717, 1.165) is 17.1 Å². The molecular formula is C26H24N2. The summed E-state index contributed by atoms with van der Waals surface area (Å²) in [6.07, 6.45) is 0. The molecule has 28 heavy (non-hydrogen) atoms. The van der Waals surface area contributed by atoms with Crippen LogP contribution in [0.25, 0.3) is 22.3 Å². The molecule has 0 aliphatic rings. The Labute approximate surface area is 166 Å². The number of hydrogen-bond donors (Lipinski definition) is 2. The molecule has 0 saturated carbocycles. The highest BCUT2D eigenvalue weighted by Crippen LogP contribution is 2.39. The molecule has 0 unspecified atom stereocenters. The van der Waals surface area contributed by atoms with Gasteiger partial charge in [0.15, 0.2) is 0 Å². The van der Waals surface area contributed by atoms with Crippen molar-refractivity contribution in [1.82, 2.24) is 0 Å². The summed E-state index contributed by atoms with van der Waals surface area (Å²) in [6.45, 7) is 4.31. The van der Waals surface area contributed by atoms with Gasteiger partial charge in [0.25, 0.3) is 0 Å². The second kappa shape index (κ2) is 7.61. The molecule has 0 saturated heterocycles. The Morgan fingerprint density at radius 3 is 2.00 bits per heavy atom. The normalized spacial score (nSPS) is 10.6. The quantitative estimate of drug-likeness (QED) is 0.384. The van der Waals surface area contributed by atoms with Gasteiger partial charge >= 0.3 is 0 Å². The molecule has 138 valence electrons. The maximum Gasteiger partial charge on any atom is 0.0467 e. The monoisotopic (exact) mass is 364 g/mol. The van der Waals surface area contributed by atoms with Gasteiger partial charge in [-0.25, -0.2) is 0 Å². The summed E-state index contributed by atoms with van der Waals surface area (Å²) >= 11 is 0. The Morgan fingerprint density at radius 2 is 1.32 bits per heavy atom. The largest absolute Gasteiger partial charge is 0.399 e. The van der Waals surface area contributed by atoms with E-state index in [0.29, 0.717) is 0 Å². The summed E-state index contributed by atoms with van der Waals surface area (Å²) < 4.78 is 0. The van der Waals surface area contributed by atoms with Crippen LogP contribution in [-0.2, 0) is 0 Å². The lowest BCUT2D eigenvalue weighted by molar-refractivity contribution is 1.40. The maximum atomic E-state index is 5.96. The maximum absolute atomic E-state index is 5.96. The van der Waals surface area contributed by atoms with E-state index in [4.69, 9.17) is 5.73 Å². The minimum Gasteiger partial charge on any atom is -0.399 e. The van der Waals surface area contributed by atoms with E-state index in [2.05, 4.69) is 79.8 Å². The van der Waals surface area contributed by atoms with E-state index < -0.39 is 0 Å². The summed E-state index contributed by atoms with van der Waals surface area (Å²) in [4.78, 5) is 0. The summed E-state index contributed by atoms with van der Waals surface area (Å²) in [5.41, 5.74) is 16.3. The first-order chi connectivity index (χ1) is 13.6. The van der Waals surface area contributed by atoms with E-state index in [1.807, 2.05) is 30.3 Å². The molecule has 2 nitrogen and oxygen atoms in total. The molecule has 0 aromatic heterocycles. The summed E-state index contributed by atoms with van der Waals surface area (Å²) in [5, 5.41) is 3.59. The molecule has 0 fully saturated rings. The van der Waals surface area contributed by atoms with E-state index in [1.165, 1.54) is 33.4 Å². The Hall–Kier alpha value is -3.52. The van der Waals surface area contributed by atoms with E-state index in [-0.39, 0.29) is 0 Å². The molecule has 0 aliphatic carbocycles. The highest BCUT2D eigenvalue weighted by Gasteiger charge is 2.15. The minimum atomic E-state index is 0.796. The van der Waals surface area contributed by atoms with Crippen molar-refractivity contribution >= 4 is 17.1 Å². The fourth-order valence-electron chi connectivity index (χ4n) is 3.75. The summed E-state index contributed by atoms with van der Waals surface area (Å²) in [5.74, 6) is 0. The van der Waals surface area contributed by atoms with Crippen molar-refractivity contribution in [2.24, 2.45) is 0 Å². The number of anilines is 3. The van der Waals surface area contributed by atoms with Gasteiger partial charge in [-0.1, -0.05) is 60.7 Å². The first-order valence-corrected chi connectivity index (χ1v) is 9.51. The number of aryl methyl sites for hydroxylation is 1.